The molecule has 1 fully saturated rings. The van der Waals surface area contributed by atoms with E-state index in [1.165, 1.54) is 0 Å². The second-order valence-corrected chi connectivity index (χ2v) is 9.90. The minimum atomic E-state index is -0.314. The molecule has 1 amide bonds. The first-order valence-electron chi connectivity index (χ1n) is 11.8. The van der Waals surface area contributed by atoms with E-state index < -0.39 is 0 Å². The number of thioether (sulfide) groups is 1. The summed E-state index contributed by atoms with van der Waals surface area (Å²) in [6.07, 6.45) is 8.30. The highest BCUT2D eigenvalue weighted by Crippen LogP contribution is 2.33. The third kappa shape index (κ3) is 4.59. The summed E-state index contributed by atoms with van der Waals surface area (Å²) in [5.74, 6) is 2.47. The van der Waals surface area contributed by atoms with Crippen LogP contribution in [-0.2, 0) is 17.6 Å². The summed E-state index contributed by atoms with van der Waals surface area (Å²) in [5.41, 5.74) is 3.99. The maximum absolute atomic E-state index is 13.2. The second kappa shape index (κ2) is 9.61. The topological polar surface area (TPSA) is 112 Å². The van der Waals surface area contributed by atoms with Gasteiger partial charge in [-0.2, -0.15) is 10.1 Å². The molecule has 2 aliphatic rings. The first-order valence-corrected chi connectivity index (χ1v) is 13.0. The Morgan fingerprint density at radius 3 is 2.85 bits per heavy atom. The van der Waals surface area contributed by atoms with Gasteiger partial charge in [-0.25, -0.2) is 9.97 Å². The second-order valence-electron chi connectivity index (χ2n) is 9.07. The van der Waals surface area contributed by atoms with Crippen LogP contribution in [-0.4, -0.2) is 49.9 Å². The summed E-state index contributed by atoms with van der Waals surface area (Å²) in [6.45, 7) is 5.01. The number of pyridine rings is 1. The van der Waals surface area contributed by atoms with E-state index in [0.29, 0.717) is 17.6 Å². The molecule has 3 N–H and O–H groups in total. The van der Waals surface area contributed by atoms with E-state index in [9.17, 15) is 4.79 Å². The standard InChI is InChI=1S/C24H30N8OS/c1-14(2)18-12-20(31-30-18)28-22-16-6-4-7-17(16)27-24(29-22)32-11-5-8-19(32)23(33)26-15-9-10-21(34-3)25-13-15/h9-10,12-14,19H,4-8,11H2,1-3H3,(H,26,33)(H2,27,28,29,30,31)/t19-/m0/s1. The minimum Gasteiger partial charge on any atom is -0.329 e. The van der Waals surface area contributed by atoms with Crippen LogP contribution in [0.25, 0.3) is 0 Å². The maximum atomic E-state index is 13.2. The van der Waals surface area contributed by atoms with Crippen molar-refractivity contribution in [1.82, 2.24) is 25.1 Å². The van der Waals surface area contributed by atoms with Crippen molar-refractivity contribution in [3.8, 4) is 0 Å². The number of fused-ring (bicyclic) bond motifs is 1. The number of carbonyl (C=O) groups excluding carboxylic acids is 1. The van der Waals surface area contributed by atoms with Gasteiger partial charge in [-0.1, -0.05) is 13.8 Å². The Hall–Kier alpha value is -3.14. The summed E-state index contributed by atoms with van der Waals surface area (Å²) in [5, 5.41) is 14.8. The highest BCUT2D eigenvalue weighted by atomic mass is 32.2. The number of H-pyrrole nitrogens is 1. The van der Waals surface area contributed by atoms with Gasteiger partial charge in [0.25, 0.3) is 0 Å². The first-order chi connectivity index (χ1) is 16.5. The third-order valence-corrected chi connectivity index (χ3v) is 7.07. The number of amides is 1. The molecule has 3 aromatic rings. The summed E-state index contributed by atoms with van der Waals surface area (Å²) < 4.78 is 0. The molecule has 9 nitrogen and oxygen atoms in total. The van der Waals surface area contributed by atoms with E-state index >= 15 is 0 Å². The van der Waals surface area contributed by atoms with Crippen molar-refractivity contribution in [1.29, 1.82) is 0 Å². The van der Waals surface area contributed by atoms with Crippen LogP contribution in [0.5, 0.6) is 0 Å². The molecule has 0 aromatic carbocycles. The lowest BCUT2D eigenvalue weighted by Gasteiger charge is -2.25. The molecule has 1 atom stereocenters. The molecule has 0 bridgehead atoms. The fourth-order valence-corrected chi connectivity index (χ4v) is 4.91. The molecule has 34 heavy (non-hydrogen) atoms. The van der Waals surface area contributed by atoms with Crippen LogP contribution >= 0.6 is 11.8 Å². The molecule has 4 heterocycles. The number of nitrogens with zero attached hydrogens (tertiary/aromatic N) is 5. The summed E-state index contributed by atoms with van der Waals surface area (Å²) in [6, 6.07) is 5.51. The van der Waals surface area contributed by atoms with Crippen LogP contribution in [0.15, 0.2) is 29.4 Å². The highest BCUT2D eigenvalue weighted by Gasteiger charge is 2.34. The molecular formula is C24H30N8OS. The number of carbonyl (C=O) groups is 1. The van der Waals surface area contributed by atoms with Crippen molar-refractivity contribution >= 4 is 40.9 Å². The van der Waals surface area contributed by atoms with Gasteiger partial charge in [-0.3, -0.25) is 9.89 Å². The van der Waals surface area contributed by atoms with Crippen LogP contribution < -0.4 is 15.5 Å². The zero-order valence-electron chi connectivity index (χ0n) is 19.8. The lowest BCUT2D eigenvalue weighted by molar-refractivity contribution is -0.117. The summed E-state index contributed by atoms with van der Waals surface area (Å²) in [4.78, 5) is 29.3. The van der Waals surface area contributed by atoms with Crippen molar-refractivity contribution in [2.75, 3.05) is 28.3 Å². The lowest BCUT2D eigenvalue weighted by atomic mass is 10.1. The number of aromatic amines is 1. The molecule has 0 spiro atoms. The highest BCUT2D eigenvalue weighted by molar-refractivity contribution is 7.98. The Labute approximate surface area is 203 Å². The van der Waals surface area contributed by atoms with E-state index in [0.717, 1.165) is 72.3 Å². The zero-order valence-corrected chi connectivity index (χ0v) is 20.6. The average Bonchev–Trinajstić information content (AvgIpc) is 3.59. The van der Waals surface area contributed by atoms with Gasteiger partial charge in [-0.15, -0.1) is 11.8 Å². The van der Waals surface area contributed by atoms with Gasteiger partial charge in [0, 0.05) is 23.9 Å². The Bertz CT molecular complexity index is 1180. The predicted octanol–water partition coefficient (Wildman–Crippen LogP) is 4.28. The van der Waals surface area contributed by atoms with E-state index in [2.05, 4.69) is 39.7 Å². The SMILES string of the molecule is CSc1ccc(NC(=O)[C@@H]2CCCN2c2nc3c(c(Nc4cc(C(C)C)[nH]n4)n2)CCC3)cn1. The summed E-state index contributed by atoms with van der Waals surface area (Å²) >= 11 is 1.57. The number of nitrogens with one attached hydrogen (secondary N) is 3. The van der Waals surface area contributed by atoms with Crippen LogP contribution in [0.3, 0.4) is 0 Å². The van der Waals surface area contributed by atoms with E-state index in [1.807, 2.05) is 29.4 Å². The number of aromatic nitrogens is 5. The largest absolute Gasteiger partial charge is 0.329 e. The molecule has 10 heteroatoms. The van der Waals surface area contributed by atoms with Crippen molar-refractivity contribution in [3.63, 3.8) is 0 Å². The Morgan fingerprint density at radius 2 is 2.12 bits per heavy atom. The minimum absolute atomic E-state index is 0.0521. The fraction of sp³-hybridized carbons (Fsp3) is 0.458. The van der Waals surface area contributed by atoms with E-state index in [4.69, 9.17) is 9.97 Å². The van der Waals surface area contributed by atoms with Crippen molar-refractivity contribution in [3.05, 3.63) is 41.3 Å². The van der Waals surface area contributed by atoms with Crippen LogP contribution in [0.2, 0.25) is 0 Å². The van der Waals surface area contributed by atoms with Crippen molar-refractivity contribution < 1.29 is 4.79 Å². The number of anilines is 4. The normalized spacial score (nSPS) is 17.3. The Balaban J connectivity index is 1.38. The van der Waals surface area contributed by atoms with Gasteiger partial charge in [0.15, 0.2) is 5.82 Å². The Morgan fingerprint density at radius 1 is 1.24 bits per heavy atom. The van der Waals surface area contributed by atoms with E-state index in [1.54, 1.807) is 18.0 Å². The van der Waals surface area contributed by atoms with Gasteiger partial charge in [-0.05, 0) is 56.4 Å². The van der Waals surface area contributed by atoms with Gasteiger partial charge in [0.05, 0.1) is 22.6 Å². The van der Waals surface area contributed by atoms with Gasteiger partial charge in [0.1, 0.15) is 11.9 Å². The predicted molar refractivity (Wildman–Crippen MR) is 135 cm³/mol. The fourth-order valence-electron chi connectivity index (χ4n) is 4.55. The number of rotatable bonds is 7. The van der Waals surface area contributed by atoms with Gasteiger partial charge < -0.3 is 15.5 Å². The molecule has 0 unspecified atom stereocenters. The smallest absolute Gasteiger partial charge is 0.247 e. The van der Waals surface area contributed by atoms with Crippen molar-refractivity contribution in [2.45, 2.75) is 62.9 Å². The molecule has 0 radical (unpaired) electrons. The van der Waals surface area contributed by atoms with Crippen molar-refractivity contribution in [2.24, 2.45) is 0 Å². The van der Waals surface area contributed by atoms with E-state index in [-0.39, 0.29) is 11.9 Å². The molecule has 1 aliphatic carbocycles. The third-order valence-electron chi connectivity index (χ3n) is 6.41. The summed E-state index contributed by atoms with van der Waals surface area (Å²) in [7, 11) is 0. The lowest BCUT2D eigenvalue weighted by Crippen LogP contribution is -2.40. The van der Waals surface area contributed by atoms with Gasteiger partial charge >= 0.3 is 0 Å². The molecule has 5 rings (SSSR count). The molecule has 1 saturated heterocycles. The maximum Gasteiger partial charge on any atom is 0.247 e. The number of aryl methyl sites for hydroxylation is 1. The van der Waals surface area contributed by atoms with Gasteiger partial charge in [0.2, 0.25) is 11.9 Å². The quantitative estimate of drug-likeness (QED) is 0.432. The molecule has 1 aliphatic heterocycles. The van der Waals surface area contributed by atoms with Crippen LogP contribution in [0, 0.1) is 0 Å². The number of hydrogen-bond acceptors (Lipinski definition) is 8. The van der Waals surface area contributed by atoms with Crippen LogP contribution in [0.1, 0.15) is 56.0 Å². The zero-order chi connectivity index (χ0) is 23.7. The monoisotopic (exact) mass is 478 g/mol. The number of hydrogen-bond donors (Lipinski definition) is 3. The molecule has 0 saturated carbocycles. The molecule has 3 aromatic heterocycles. The van der Waals surface area contributed by atoms with Crippen LogP contribution in [0.4, 0.5) is 23.3 Å². The molecular weight excluding hydrogens is 448 g/mol. The Kier molecular flexibility index (Phi) is 6.40. The average molecular weight is 479 g/mol. The molecule has 178 valence electrons. The first kappa shape index (κ1) is 22.6.